The molecule has 103 heavy (non-hydrogen) atoms. The number of hydrogen-bond acceptors (Lipinski definition) is 14. The van der Waals surface area contributed by atoms with E-state index in [1.807, 2.05) is 18.2 Å². The second-order valence-electron chi connectivity index (χ2n) is 26.8. The van der Waals surface area contributed by atoms with Crippen LogP contribution in [0.4, 0.5) is 0 Å². The molecule has 0 aromatic heterocycles. The van der Waals surface area contributed by atoms with Crippen molar-refractivity contribution in [2.45, 2.75) is 347 Å². The monoisotopic (exact) mass is 1490 g/mol. The summed E-state index contributed by atoms with van der Waals surface area (Å²) in [5.74, 6) is -1.68. The molecule has 0 aromatic carbocycles. The van der Waals surface area contributed by atoms with Crippen LogP contribution in [0.25, 0.3) is 0 Å². The van der Waals surface area contributed by atoms with E-state index in [4.69, 9.17) is 32.3 Å². The van der Waals surface area contributed by atoms with Gasteiger partial charge in [0.25, 0.3) is 0 Å². The van der Waals surface area contributed by atoms with Gasteiger partial charge >= 0.3 is 33.6 Å². The zero-order valence-electron chi connectivity index (χ0n) is 64.7. The lowest BCUT2D eigenvalue weighted by molar-refractivity contribution is -0.161. The highest BCUT2D eigenvalue weighted by Crippen LogP contribution is 2.45. The Balaban J connectivity index is 4.40. The SMILES string of the molecule is CC/C=C\C/C=C\C/C=C\C/C=C\C/C=C\C/C=C\CCC(=O)OCC(COP(=O)(O)OCC(O)COP(=O)(O)OCC(O)COC(=O)CCCCCCCCCCCCCCCCCCCCC/C=C\C/C=C\C/C=C\C/C=C\CCCCC)OC(=O)CCCCCCC/C=C\CCCCCC. The van der Waals surface area contributed by atoms with Gasteiger partial charge in [-0.15, -0.1) is 0 Å². The Morgan fingerprint density at radius 1 is 0.282 bits per heavy atom. The van der Waals surface area contributed by atoms with Crippen LogP contribution in [0.1, 0.15) is 329 Å². The van der Waals surface area contributed by atoms with E-state index in [1.54, 1.807) is 0 Å². The van der Waals surface area contributed by atoms with Crippen LogP contribution in [0.5, 0.6) is 0 Å². The van der Waals surface area contributed by atoms with Gasteiger partial charge in [-0.3, -0.25) is 32.5 Å². The van der Waals surface area contributed by atoms with Crippen LogP contribution in [-0.4, -0.2) is 95.9 Å². The van der Waals surface area contributed by atoms with E-state index in [9.17, 15) is 43.5 Å². The van der Waals surface area contributed by atoms with Gasteiger partial charge in [-0.1, -0.05) is 315 Å². The molecule has 0 amide bonds. The first-order chi connectivity index (χ1) is 50.2. The Hall–Kier alpha value is -4.31. The second kappa shape index (κ2) is 77.3. The molecule has 0 radical (unpaired) electrons. The van der Waals surface area contributed by atoms with Crippen molar-refractivity contribution in [3.8, 4) is 0 Å². The lowest BCUT2D eigenvalue weighted by atomic mass is 10.0. The summed E-state index contributed by atoms with van der Waals surface area (Å²) >= 11 is 0. The fourth-order valence-corrected chi connectivity index (χ4v) is 12.3. The third kappa shape index (κ3) is 78.6. The van der Waals surface area contributed by atoms with Crippen molar-refractivity contribution in [3.63, 3.8) is 0 Å². The van der Waals surface area contributed by atoms with Gasteiger partial charge in [0.05, 0.1) is 26.4 Å². The van der Waals surface area contributed by atoms with Gasteiger partial charge < -0.3 is 34.2 Å². The van der Waals surface area contributed by atoms with Crippen molar-refractivity contribution in [2.75, 3.05) is 39.6 Å². The van der Waals surface area contributed by atoms with Crippen LogP contribution >= 0.6 is 15.6 Å². The van der Waals surface area contributed by atoms with Gasteiger partial charge in [-0.25, -0.2) is 9.13 Å². The number of carbonyl (C=O) groups is 3. The van der Waals surface area contributed by atoms with Crippen LogP contribution in [0, 0.1) is 0 Å². The number of hydrogen-bond donors (Lipinski definition) is 4. The van der Waals surface area contributed by atoms with Gasteiger partial charge in [-0.05, 0) is 128 Å². The van der Waals surface area contributed by atoms with Gasteiger partial charge in [-0.2, -0.15) is 0 Å². The molecule has 16 nitrogen and oxygen atoms in total. The number of aliphatic hydroxyl groups excluding tert-OH is 2. The molecule has 0 saturated heterocycles. The normalized spacial score (nSPS) is 14.7. The summed E-state index contributed by atoms with van der Waals surface area (Å²) < 4.78 is 61.0. The standard InChI is InChI=1S/C85H146O16P2/c1-4-7-10-13-16-19-22-25-27-29-31-32-33-34-35-36-37-38-39-40-41-42-43-44-45-46-48-50-51-54-56-59-62-65-68-71-83(88)95-74-80(86)75-97-102(91,92)98-76-81(87)77-99-103(93,94)100-79-82(101-85(90)73-70-67-64-61-58-53-24-21-18-15-12-9-6-3)78-96-84(89)72-69-66-63-60-57-55-52-49-47-30-28-26-23-20-17-14-11-8-5-2/h8,11,16-17,19-21,24-28,31-32,34-35,47,49,55,57,63,66,80-82,86-87H,4-7,9-10,12-15,18,22-23,29-30,33,36-46,48,50-54,56,58-62,64-65,67-79H2,1-3H3,(H,91,92)(H,93,94)/b11-8-,19-16-,20-17-,24-21-,27-25-,28-26-,32-31-,35-34-,49-47-,57-55-,66-63-. The van der Waals surface area contributed by atoms with Crippen LogP contribution in [0.15, 0.2) is 134 Å². The molecule has 5 atom stereocenters. The van der Waals surface area contributed by atoms with Crippen LogP contribution in [0.2, 0.25) is 0 Å². The summed E-state index contributed by atoms with van der Waals surface area (Å²) in [7, 11) is -9.81. The van der Waals surface area contributed by atoms with Crippen LogP contribution in [-0.2, 0) is 55.8 Å². The first-order valence-electron chi connectivity index (χ1n) is 40.5. The smallest absolute Gasteiger partial charge is 0.463 e. The van der Waals surface area contributed by atoms with Crippen molar-refractivity contribution in [2.24, 2.45) is 0 Å². The second-order valence-corrected chi connectivity index (χ2v) is 29.7. The van der Waals surface area contributed by atoms with Crippen molar-refractivity contribution in [1.29, 1.82) is 0 Å². The molecule has 4 N–H and O–H groups in total. The lowest BCUT2D eigenvalue weighted by Crippen LogP contribution is -2.30. The molecule has 592 valence electrons. The first-order valence-corrected chi connectivity index (χ1v) is 43.5. The van der Waals surface area contributed by atoms with Gasteiger partial charge in [0, 0.05) is 19.3 Å². The summed E-state index contributed by atoms with van der Waals surface area (Å²) in [6.07, 6.45) is 94.1. The third-order valence-electron chi connectivity index (χ3n) is 16.8. The number of rotatable bonds is 76. The van der Waals surface area contributed by atoms with Crippen molar-refractivity contribution >= 4 is 33.6 Å². The van der Waals surface area contributed by atoms with E-state index in [0.29, 0.717) is 25.7 Å². The zero-order valence-corrected chi connectivity index (χ0v) is 66.5. The van der Waals surface area contributed by atoms with Crippen molar-refractivity contribution in [3.05, 3.63) is 134 Å². The maximum Gasteiger partial charge on any atom is 0.472 e. The number of aliphatic hydroxyl groups is 2. The predicted octanol–water partition coefficient (Wildman–Crippen LogP) is 23.9. The molecule has 0 rings (SSSR count). The molecule has 0 aliphatic rings. The number of allylic oxidation sites excluding steroid dienone is 22. The highest BCUT2D eigenvalue weighted by atomic mass is 31.2. The fraction of sp³-hybridized carbons (Fsp3) is 0.706. The van der Waals surface area contributed by atoms with E-state index in [0.717, 1.165) is 109 Å². The quantitative estimate of drug-likeness (QED) is 0.0146. The topological polar surface area (TPSA) is 231 Å². The molecule has 0 bridgehead atoms. The number of unbranched alkanes of at least 4 members (excludes halogenated alkanes) is 31. The average molecular weight is 1490 g/mol. The van der Waals surface area contributed by atoms with E-state index < -0.39 is 91.5 Å². The maximum atomic E-state index is 12.9. The van der Waals surface area contributed by atoms with E-state index in [-0.39, 0.29) is 19.3 Å². The average Bonchev–Trinajstić information content (AvgIpc) is 0.946. The Kier molecular flexibility index (Phi) is 74.1. The van der Waals surface area contributed by atoms with Gasteiger partial charge in [0.15, 0.2) is 6.10 Å². The summed E-state index contributed by atoms with van der Waals surface area (Å²) in [6.45, 7) is 2.43. The minimum absolute atomic E-state index is 0.0415. The minimum Gasteiger partial charge on any atom is -0.463 e. The number of esters is 3. The van der Waals surface area contributed by atoms with E-state index in [2.05, 4.69) is 136 Å². The highest BCUT2D eigenvalue weighted by Gasteiger charge is 2.29. The zero-order chi connectivity index (χ0) is 75.2. The van der Waals surface area contributed by atoms with Crippen molar-refractivity contribution in [1.82, 2.24) is 0 Å². The Labute approximate surface area is 626 Å². The molecule has 0 aromatic rings. The molecule has 0 aliphatic heterocycles. The van der Waals surface area contributed by atoms with E-state index in [1.165, 1.54) is 154 Å². The predicted molar refractivity (Wildman–Crippen MR) is 426 cm³/mol. The Bertz CT molecular complexity index is 2410. The number of phosphoric ester groups is 2. The van der Waals surface area contributed by atoms with Crippen LogP contribution in [0.3, 0.4) is 0 Å². The largest absolute Gasteiger partial charge is 0.472 e. The molecular formula is C85H146O16P2. The molecule has 0 saturated carbocycles. The first kappa shape index (κ1) is 98.7. The summed E-state index contributed by atoms with van der Waals surface area (Å²) in [4.78, 5) is 58.5. The molecule has 0 heterocycles. The number of phosphoric acid groups is 2. The molecule has 18 heteroatoms. The Morgan fingerprint density at radius 2 is 0.534 bits per heavy atom. The van der Waals surface area contributed by atoms with Gasteiger partial charge in [0.1, 0.15) is 25.4 Å². The molecule has 0 aliphatic carbocycles. The molecular weight excluding hydrogens is 1340 g/mol. The highest BCUT2D eigenvalue weighted by molar-refractivity contribution is 7.47. The lowest BCUT2D eigenvalue weighted by Gasteiger charge is -2.21. The fourth-order valence-electron chi connectivity index (χ4n) is 10.7. The summed E-state index contributed by atoms with van der Waals surface area (Å²) in [5, 5.41) is 20.6. The molecule has 0 spiro atoms. The maximum absolute atomic E-state index is 12.9. The third-order valence-corrected chi connectivity index (χ3v) is 18.7. The number of carbonyl (C=O) groups excluding carboxylic acids is 3. The molecule has 0 fully saturated rings. The van der Waals surface area contributed by atoms with Gasteiger partial charge in [0.2, 0.25) is 0 Å². The van der Waals surface area contributed by atoms with Crippen LogP contribution < -0.4 is 0 Å². The number of ether oxygens (including phenoxy) is 3. The molecule has 5 unspecified atom stereocenters. The summed E-state index contributed by atoms with van der Waals surface area (Å²) in [6, 6.07) is 0. The summed E-state index contributed by atoms with van der Waals surface area (Å²) in [5.41, 5.74) is 0. The minimum atomic E-state index is -4.95. The van der Waals surface area contributed by atoms with Crippen molar-refractivity contribution < 1.29 is 75.8 Å². The Morgan fingerprint density at radius 3 is 0.903 bits per heavy atom. The van der Waals surface area contributed by atoms with E-state index >= 15 is 0 Å².